The van der Waals surface area contributed by atoms with Gasteiger partial charge in [-0.3, -0.25) is 0 Å². The first-order chi connectivity index (χ1) is 8.69. The van der Waals surface area contributed by atoms with E-state index in [-0.39, 0.29) is 5.82 Å². The molecule has 3 heteroatoms. The lowest BCUT2D eigenvalue weighted by atomic mass is 10.1. The van der Waals surface area contributed by atoms with Gasteiger partial charge in [0.15, 0.2) is 0 Å². The molecule has 0 atom stereocenters. The van der Waals surface area contributed by atoms with Gasteiger partial charge in [-0.2, -0.15) is 5.26 Å². The maximum Gasteiger partial charge on any atom is 0.123 e. The lowest BCUT2D eigenvalue weighted by molar-refractivity contribution is 0.627. The normalized spacial score (nSPS) is 9.83. The number of aryl methyl sites for hydroxylation is 1. The van der Waals surface area contributed by atoms with Crippen LogP contribution in [0.4, 0.5) is 10.1 Å². The number of anilines is 1. The summed E-state index contributed by atoms with van der Waals surface area (Å²) >= 11 is 0. The van der Waals surface area contributed by atoms with Crippen molar-refractivity contribution in [2.75, 3.05) is 5.32 Å². The first-order valence-electron chi connectivity index (χ1n) is 5.68. The second kappa shape index (κ2) is 5.33. The Labute approximate surface area is 106 Å². The molecule has 0 aromatic heterocycles. The number of hydrogen-bond donors (Lipinski definition) is 1. The minimum Gasteiger partial charge on any atom is -0.381 e. The summed E-state index contributed by atoms with van der Waals surface area (Å²) in [6.45, 7) is 2.47. The van der Waals surface area contributed by atoms with Gasteiger partial charge >= 0.3 is 0 Å². The third-order valence-electron chi connectivity index (χ3n) is 2.73. The number of halogens is 1. The fourth-order valence-electron chi connectivity index (χ4n) is 1.77. The standard InChI is InChI=1S/C15H13FN2/c1-11-7-14(16)5-6-15(11)18-10-13-4-2-3-12(8-13)9-17/h2-8,18H,10H2,1H3. The van der Waals surface area contributed by atoms with Crippen molar-refractivity contribution in [3.8, 4) is 6.07 Å². The second-order valence-corrected chi connectivity index (χ2v) is 4.12. The largest absolute Gasteiger partial charge is 0.381 e. The Balaban J connectivity index is 2.09. The summed E-state index contributed by atoms with van der Waals surface area (Å²) < 4.78 is 12.9. The third-order valence-corrected chi connectivity index (χ3v) is 2.73. The summed E-state index contributed by atoms with van der Waals surface area (Å²) in [4.78, 5) is 0. The van der Waals surface area contributed by atoms with Crippen molar-refractivity contribution in [1.82, 2.24) is 0 Å². The number of rotatable bonds is 3. The molecule has 0 unspecified atom stereocenters. The van der Waals surface area contributed by atoms with Crippen molar-refractivity contribution < 1.29 is 4.39 Å². The van der Waals surface area contributed by atoms with Crippen LogP contribution in [0.5, 0.6) is 0 Å². The highest BCUT2D eigenvalue weighted by molar-refractivity contribution is 5.51. The predicted molar refractivity (Wildman–Crippen MR) is 69.6 cm³/mol. The molecule has 0 fully saturated rings. The number of nitrogens with one attached hydrogen (secondary N) is 1. The van der Waals surface area contributed by atoms with Crippen LogP contribution in [0.25, 0.3) is 0 Å². The minimum atomic E-state index is -0.232. The Morgan fingerprint density at radius 1 is 1.22 bits per heavy atom. The van der Waals surface area contributed by atoms with E-state index in [1.165, 1.54) is 12.1 Å². The number of nitriles is 1. The molecule has 0 aliphatic rings. The summed E-state index contributed by atoms with van der Waals surface area (Å²) in [5.74, 6) is -0.232. The molecule has 0 aliphatic carbocycles. The van der Waals surface area contributed by atoms with Crippen LogP contribution in [0.2, 0.25) is 0 Å². The molecule has 2 aromatic rings. The molecule has 18 heavy (non-hydrogen) atoms. The van der Waals surface area contributed by atoms with Gasteiger partial charge in [0.1, 0.15) is 5.82 Å². The Morgan fingerprint density at radius 2 is 2.06 bits per heavy atom. The SMILES string of the molecule is Cc1cc(F)ccc1NCc1cccc(C#N)c1. The molecule has 2 aromatic carbocycles. The van der Waals surface area contributed by atoms with Crippen LogP contribution in [0.1, 0.15) is 16.7 Å². The highest BCUT2D eigenvalue weighted by Crippen LogP contribution is 2.17. The monoisotopic (exact) mass is 240 g/mol. The fourth-order valence-corrected chi connectivity index (χ4v) is 1.77. The Hall–Kier alpha value is -2.34. The average Bonchev–Trinajstić information content (AvgIpc) is 2.38. The van der Waals surface area contributed by atoms with Crippen molar-refractivity contribution in [3.63, 3.8) is 0 Å². The molecule has 0 saturated heterocycles. The van der Waals surface area contributed by atoms with Crippen LogP contribution in [0.15, 0.2) is 42.5 Å². The van der Waals surface area contributed by atoms with Gasteiger partial charge in [0, 0.05) is 12.2 Å². The highest BCUT2D eigenvalue weighted by atomic mass is 19.1. The molecule has 0 aliphatic heterocycles. The van der Waals surface area contributed by atoms with E-state index in [1.54, 1.807) is 12.1 Å². The Bertz CT molecular complexity index is 600. The van der Waals surface area contributed by atoms with Crippen LogP contribution in [0, 0.1) is 24.1 Å². The van der Waals surface area contributed by atoms with Crippen LogP contribution < -0.4 is 5.32 Å². The predicted octanol–water partition coefficient (Wildman–Crippen LogP) is 3.62. The van der Waals surface area contributed by atoms with Crippen molar-refractivity contribution >= 4 is 5.69 Å². The molecule has 2 nitrogen and oxygen atoms in total. The average molecular weight is 240 g/mol. The molecule has 0 amide bonds. The molecule has 0 bridgehead atoms. The summed E-state index contributed by atoms with van der Waals surface area (Å²) in [6, 6.07) is 14.2. The molecule has 0 radical (unpaired) electrons. The van der Waals surface area contributed by atoms with Gasteiger partial charge in [-0.05, 0) is 48.4 Å². The van der Waals surface area contributed by atoms with E-state index in [4.69, 9.17) is 5.26 Å². The van der Waals surface area contributed by atoms with E-state index in [1.807, 2.05) is 25.1 Å². The Kier molecular flexibility index (Phi) is 3.59. The smallest absolute Gasteiger partial charge is 0.123 e. The second-order valence-electron chi connectivity index (χ2n) is 4.12. The van der Waals surface area contributed by atoms with Crippen molar-refractivity contribution in [1.29, 1.82) is 5.26 Å². The van der Waals surface area contributed by atoms with E-state index in [0.29, 0.717) is 12.1 Å². The van der Waals surface area contributed by atoms with E-state index in [2.05, 4.69) is 11.4 Å². The molecular formula is C15H13FN2. The molecule has 0 spiro atoms. The maximum atomic E-state index is 12.9. The number of nitrogens with zero attached hydrogens (tertiary/aromatic N) is 1. The van der Waals surface area contributed by atoms with Gasteiger partial charge in [-0.1, -0.05) is 12.1 Å². The summed E-state index contributed by atoms with van der Waals surface area (Å²) in [6.07, 6.45) is 0. The van der Waals surface area contributed by atoms with Gasteiger partial charge in [-0.25, -0.2) is 4.39 Å². The van der Waals surface area contributed by atoms with Gasteiger partial charge in [0.25, 0.3) is 0 Å². The zero-order chi connectivity index (χ0) is 13.0. The van der Waals surface area contributed by atoms with E-state index in [9.17, 15) is 4.39 Å². The van der Waals surface area contributed by atoms with Crippen LogP contribution in [-0.4, -0.2) is 0 Å². The summed E-state index contributed by atoms with van der Waals surface area (Å²) in [5.41, 5.74) is 3.44. The molecule has 0 saturated carbocycles. The zero-order valence-electron chi connectivity index (χ0n) is 10.1. The van der Waals surface area contributed by atoms with E-state index >= 15 is 0 Å². The highest BCUT2D eigenvalue weighted by Gasteiger charge is 2.00. The van der Waals surface area contributed by atoms with Gasteiger partial charge in [0.05, 0.1) is 11.6 Å². The Morgan fingerprint density at radius 3 is 2.78 bits per heavy atom. The quantitative estimate of drug-likeness (QED) is 0.889. The van der Waals surface area contributed by atoms with Crippen molar-refractivity contribution in [2.45, 2.75) is 13.5 Å². The first kappa shape index (κ1) is 12.1. The van der Waals surface area contributed by atoms with Crippen molar-refractivity contribution in [3.05, 3.63) is 65.0 Å². The lowest BCUT2D eigenvalue weighted by Crippen LogP contribution is -2.01. The number of hydrogen-bond acceptors (Lipinski definition) is 2. The van der Waals surface area contributed by atoms with Gasteiger partial charge < -0.3 is 5.32 Å². The first-order valence-corrected chi connectivity index (χ1v) is 5.68. The molecule has 90 valence electrons. The topological polar surface area (TPSA) is 35.8 Å². The van der Waals surface area contributed by atoms with Gasteiger partial charge in [-0.15, -0.1) is 0 Å². The van der Waals surface area contributed by atoms with Crippen LogP contribution >= 0.6 is 0 Å². The molecular weight excluding hydrogens is 227 g/mol. The zero-order valence-corrected chi connectivity index (χ0v) is 10.1. The maximum absolute atomic E-state index is 12.9. The molecule has 0 heterocycles. The molecule has 1 N–H and O–H groups in total. The summed E-state index contributed by atoms with van der Waals surface area (Å²) in [7, 11) is 0. The summed E-state index contributed by atoms with van der Waals surface area (Å²) in [5, 5.41) is 12.0. The van der Waals surface area contributed by atoms with E-state index in [0.717, 1.165) is 16.8 Å². The lowest BCUT2D eigenvalue weighted by Gasteiger charge is -2.09. The number of benzene rings is 2. The third kappa shape index (κ3) is 2.86. The van der Waals surface area contributed by atoms with Crippen LogP contribution in [-0.2, 0) is 6.54 Å². The van der Waals surface area contributed by atoms with E-state index < -0.39 is 0 Å². The van der Waals surface area contributed by atoms with Crippen molar-refractivity contribution in [2.24, 2.45) is 0 Å². The fraction of sp³-hybridized carbons (Fsp3) is 0.133. The van der Waals surface area contributed by atoms with Gasteiger partial charge in [0.2, 0.25) is 0 Å². The van der Waals surface area contributed by atoms with Crippen LogP contribution in [0.3, 0.4) is 0 Å². The minimum absolute atomic E-state index is 0.232. The molecule has 2 rings (SSSR count).